The quantitative estimate of drug-likeness (QED) is 0.546. The third-order valence-electron chi connectivity index (χ3n) is 4.16. The summed E-state index contributed by atoms with van der Waals surface area (Å²) in [5.74, 6) is 0.498. The Kier molecular flexibility index (Phi) is 4.34. The minimum absolute atomic E-state index is 0.0642. The van der Waals surface area contributed by atoms with Crippen LogP contribution in [0.2, 0.25) is 0 Å². The number of carbonyl (C=O) groups excluding carboxylic acids is 1. The second-order valence-electron chi connectivity index (χ2n) is 6.08. The van der Waals surface area contributed by atoms with Crippen molar-refractivity contribution in [3.05, 3.63) is 41.9 Å². The molecule has 144 valence electrons. The van der Waals surface area contributed by atoms with E-state index in [9.17, 15) is 13.6 Å². The van der Waals surface area contributed by atoms with Crippen molar-refractivity contribution >= 4 is 16.9 Å². The smallest absolute Gasteiger partial charge is 0.333 e. The molecule has 0 aliphatic heterocycles. The van der Waals surface area contributed by atoms with Crippen molar-refractivity contribution in [2.24, 2.45) is 0 Å². The number of alkyl halides is 2. The lowest BCUT2D eigenvalue weighted by Crippen LogP contribution is -2.20. The van der Waals surface area contributed by atoms with Crippen molar-refractivity contribution in [1.29, 1.82) is 0 Å². The molecule has 0 spiro atoms. The van der Waals surface area contributed by atoms with Crippen molar-refractivity contribution in [2.45, 2.75) is 19.9 Å². The highest BCUT2D eigenvalue weighted by molar-refractivity contribution is 5.78. The Bertz CT molecular complexity index is 1130. The Morgan fingerprint density at radius 3 is 2.71 bits per heavy atom. The van der Waals surface area contributed by atoms with Gasteiger partial charge in [-0.3, -0.25) is 4.79 Å². The molecule has 11 heteroatoms. The largest absolute Gasteiger partial charge is 0.359 e. The lowest BCUT2D eigenvalue weighted by molar-refractivity contribution is -0.120. The summed E-state index contributed by atoms with van der Waals surface area (Å²) in [7, 11) is 1.51. The normalized spacial score (nSPS) is 11.5. The molecule has 0 saturated heterocycles. The number of aromatic amines is 1. The van der Waals surface area contributed by atoms with Gasteiger partial charge in [0, 0.05) is 12.7 Å². The molecule has 0 aliphatic rings. The summed E-state index contributed by atoms with van der Waals surface area (Å²) in [4.78, 5) is 23.6. The zero-order valence-electron chi connectivity index (χ0n) is 15.0. The van der Waals surface area contributed by atoms with Gasteiger partial charge in [-0.25, -0.2) is 14.6 Å². The average Bonchev–Trinajstić information content (AvgIpc) is 3.36. The number of nitrogens with one attached hydrogen (secondary N) is 2. The molecule has 0 aliphatic carbocycles. The zero-order valence-corrected chi connectivity index (χ0v) is 15.0. The molecule has 0 atom stereocenters. The molecule has 3 heterocycles. The molecule has 2 N–H and O–H groups in total. The highest BCUT2D eigenvalue weighted by Gasteiger charge is 2.22. The van der Waals surface area contributed by atoms with E-state index in [2.05, 4.69) is 30.5 Å². The van der Waals surface area contributed by atoms with Crippen LogP contribution >= 0.6 is 0 Å². The number of aryl methyl sites for hydroxylation is 1. The summed E-state index contributed by atoms with van der Waals surface area (Å²) in [6.07, 6.45) is -0.0642. The minimum atomic E-state index is -2.78. The number of H-pyrrole nitrogens is 1. The number of likely N-dealkylation sites (N-methyl/N-ethyl adjacent to an activating group) is 1. The number of fused-ring (bicyclic) bond motifs is 1. The molecule has 28 heavy (non-hydrogen) atoms. The van der Waals surface area contributed by atoms with E-state index in [4.69, 9.17) is 0 Å². The fourth-order valence-electron chi connectivity index (χ4n) is 2.81. The van der Waals surface area contributed by atoms with Crippen molar-refractivity contribution in [3.8, 4) is 17.5 Å². The third-order valence-corrected chi connectivity index (χ3v) is 4.16. The van der Waals surface area contributed by atoms with E-state index in [1.807, 2.05) is 24.3 Å². The van der Waals surface area contributed by atoms with E-state index < -0.39 is 6.55 Å². The number of hydrogen-bond donors (Lipinski definition) is 2. The van der Waals surface area contributed by atoms with E-state index in [-0.39, 0.29) is 35.4 Å². The molecule has 0 unspecified atom stereocenters. The van der Waals surface area contributed by atoms with Crippen molar-refractivity contribution < 1.29 is 13.6 Å². The number of halogens is 2. The number of amides is 1. The molecule has 1 aromatic carbocycles. The Labute approximate surface area is 157 Å². The summed E-state index contributed by atoms with van der Waals surface area (Å²) in [6.45, 7) is -1.25. The maximum atomic E-state index is 13.1. The molecule has 0 bridgehead atoms. The predicted octanol–water partition coefficient (Wildman–Crippen LogP) is 2.00. The van der Waals surface area contributed by atoms with Crippen LogP contribution in [0.5, 0.6) is 0 Å². The maximum absolute atomic E-state index is 13.1. The minimum Gasteiger partial charge on any atom is -0.359 e. The molecule has 9 nitrogen and oxygen atoms in total. The van der Waals surface area contributed by atoms with E-state index in [1.165, 1.54) is 24.7 Å². The van der Waals surface area contributed by atoms with Crippen LogP contribution in [0.3, 0.4) is 0 Å². The molecule has 4 aromatic rings. The summed E-state index contributed by atoms with van der Waals surface area (Å²) in [5.41, 5.74) is 1.97. The number of benzene rings is 1. The van der Waals surface area contributed by atoms with Crippen LogP contribution in [-0.4, -0.2) is 47.5 Å². The van der Waals surface area contributed by atoms with E-state index in [1.54, 1.807) is 0 Å². The topological polar surface area (TPSA) is 106 Å². The van der Waals surface area contributed by atoms with Gasteiger partial charge >= 0.3 is 6.55 Å². The van der Waals surface area contributed by atoms with Crippen LogP contribution in [0.1, 0.15) is 18.1 Å². The van der Waals surface area contributed by atoms with Gasteiger partial charge in [0.05, 0.1) is 17.5 Å². The Morgan fingerprint density at radius 1 is 1.25 bits per heavy atom. The maximum Gasteiger partial charge on any atom is 0.333 e. The molecule has 0 saturated carbocycles. The molecular weight excluding hydrogens is 370 g/mol. The lowest BCUT2D eigenvalue weighted by atomic mass is 10.3. The van der Waals surface area contributed by atoms with E-state index in [0.717, 1.165) is 5.52 Å². The van der Waals surface area contributed by atoms with Gasteiger partial charge in [0.1, 0.15) is 5.69 Å². The molecular formula is C17H16F2N8O. The zero-order chi connectivity index (χ0) is 19.8. The number of carbonyl (C=O) groups is 1. The number of nitrogens with zero attached hydrogens (tertiary/aromatic N) is 6. The number of imidazole rings is 1. The van der Waals surface area contributed by atoms with Crippen LogP contribution < -0.4 is 5.32 Å². The first-order chi connectivity index (χ1) is 13.5. The van der Waals surface area contributed by atoms with Crippen LogP contribution in [0, 0.1) is 6.92 Å². The third kappa shape index (κ3) is 3.10. The molecule has 4 rings (SSSR count). The summed E-state index contributed by atoms with van der Waals surface area (Å²) >= 11 is 0. The van der Waals surface area contributed by atoms with E-state index >= 15 is 0 Å². The highest BCUT2D eigenvalue weighted by Crippen LogP contribution is 2.24. The summed E-state index contributed by atoms with van der Waals surface area (Å²) in [6, 6.07) is 8.87. The molecule has 0 fully saturated rings. The number of para-hydroxylation sites is 2. The molecule has 0 radical (unpaired) electrons. The van der Waals surface area contributed by atoms with Crippen LogP contribution in [-0.2, 0) is 11.2 Å². The van der Waals surface area contributed by atoms with Gasteiger partial charge in [-0.15, -0.1) is 5.10 Å². The first-order valence-corrected chi connectivity index (χ1v) is 8.42. The van der Waals surface area contributed by atoms with Gasteiger partial charge < -0.3 is 10.3 Å². The first kappa shape index (κ1) is 17.8. The predicted molar refractivity (Wildman–Crippen MR) is 96.0 cm³/mol. The fourth-order valence-corrected chi connectivity index (χ4v) is 2.81. The lowest BCUT2D eigenvalue weighted by Gasteiger charge is -2.01. The summed E-state index contributed by atoms with van der Waals surface area (Å²) in [5, 5.41) is 10.8. The van der Waals surface area contributed by atoms with Crippen molar-refractivity contribution in [2.75, 3.05) is 7.05 Å². The van der Waals surface area contributed by atoms with Gasteiger partial charge in [-0.05, 0) is 25.1 Å². The highest BCUT2D eigenvalue weighted by atomic mass is 19.3. The second-order valence-corrected chi connectivity index (χ2v) is 6.08. The molecule has 3 aromatic heterocycles. The summed E-state index contributed by atoms with van der Waals surface area (Å²) < 4.78 is 28.2. The monoisotopic (exact) mass is 386 g/mol. The van der Waals surface area contributed by atoms with Crippen LogP contribution in [0.25, 0.3) is 28.5 Å². The van der Waals surface area contributed by atoms with Gasteiger partial charge in [-0.1, -0.05) is 12.1 Å². The number of aromatic nitrogens is 7. The Hall–Kier alpha value is -3.63. The first-order valence-electron chi connectivity index (χ1n) is 8.42. The number of rotatable bonds is 5. The van der Waals surface area contributed by atoms with Gasteiger partial charge in [0.25, 0.3) is 0 Å². The Balaban J connectivity index is 1.86. The van der Waals surface area contributed by atoms with Crippen molar-refractivity contribution in [1.82, 2.24) is 39.8 Å². The average molecular weight is 386 g/mol. The van der Waals surface area contributed by atoms with Gasteiger partial charge in [0.15, 0.2) is 11.6 Å². The van der Waals surface area contributed by atoms with E-state index in [0.29, 0.717) is 16.1 Å². The van der Waals surface area contributed by atoms with Crippen LogP contribution in [0.15, 0.2) is 30.3 Å². The SMILES string of the molecule is CNC(=O)Cc1nc(-c2cc(C)n(C(F)F)n2)n(-c2nc3ccccc3[nH]2)n1. The second kappa shape index (κ2) is 6.83. The van der Waals surface area contributed by atoms with Crippen molar-refractivity contribution in [3.63, 3.8) is 0 Å². The van der Waals surface area contributed by atoms with Gasteiger partial charge in [0.2, 0.25) is 11.9 Å². The van der Waals surface area contributed by atoms with Gasteiger partial charge in [-0.2, -0.15) is 18.6 Å². The molecule has 1 amide bonds. The number of hydrogen-bond acceptors (Lipinski definition) is 5. The Morgan fingerprint density at radius 2 is 2.04 bits per heavy atom. The fraction of sp³-hybridized carbons (Fsp3) is 0.235. The van der Waals surface area contributed by atoms with Crippen LogP contribution in [0.4, 0.5) is 8.78 Å². The standard InChI is InChI=1S/C17H16F2N8O/c1-9-7-12(24-26(9)16(18)19)15-23-13(8-14(28)20-2)25-27(15)17-21-10-5-3-4-6-11(10)22-17/h3-7,16H,8H2,1-2H3,(H,20,28)(H,21,22).